The fourth-order valence-electron chi connectivity index (χ4n) is 4.11. The number of amides is 1. The van der Waals surface area contributed by atoms with E-state index >= 15 is 0 Å². The number of nitrogens with one attached hydrogen (secondary N) is 1. The number of hydrogen-bond acceptors (Lipinski definition) is 4. The Hall–Kier alpha value is -1.44. The number of hydrogen-bond donors (Lipinski definition) is 1. The summed E-state index contributed by atoms with van der Waals surface area (Å²) in [5, 5.41) is 3.14. The number of carbonyl (C=O) groups is 1. The molecule has 156 valence electrons. The molecule has 1 saturated carbocycles. The van der Waals surface area contributed by atoms with Crippen molar-refractivity contribution in [2.75, 3.05) is 20.1 Å². The second kappa shape index (κ2) is 8.93. The van der Waals surface area contributed by atoms with Crippen LogP contribution in [0.3, 0.4) is 0 Å². The number of benzene rings is 1. The molecule has 1 aromatic carbocycles. The number of nitrogens with zero attached hydrogens (tertiary/aromatic N) is 2. The van der Waals surface area contributed by atoms with Crippen LogP contribution in [0, 0.1) is 5.92 Å². The van der Waals surface area contributed by atoms with Gasteiger partial charge < -0.3 is 10.2 Å². The Balaban J connectivity index is 1.68. The van der Waals surface area contributed by atoms with Crippen molar-refractivity contribution in [2.45, 2.75) is 69.0 Å². The molecule has 2 fully saturated rings. The topological polar surface area (TPSA) is 69.7 Å². The summed E-state index contributed by atoms with van der Waals surface area (Å²) in [6.45, 7) is 5.47. The second-order valence-corrected chi connectivity index (χ2v) is 10.2. The molecule has 3 rings (SSSR count). The minimum Gasteiger partial charge on any atom is -0.341 e. The molecule has 0 radical (unpaired) electrons. The summed E-state index contributed by atoms with van der Waals surface area (Å²) in [5.74, 6) is 0.582. The van der Waals surface area contributed by atoms with Crippen molar-refractivity contribution < 1.29 is 13.2 Å². The van der Waals surface area contributed by atoms with Gasteiger partial charge in [0.25, 0.3) is 0 Å². The molecule has 0 spiro atoms. The fourth-order valence-corrected chi connectivity index (χ4v) is 6.06. The molecule has 1 aliphatic heterocycles. The molecule has 1 saturated heterocycles. The third kappa shape index (κ3) is 4.75. The lowest BCUT2D eigenvalue weighted by molar-refractivity contribution is -0.135. The molecule has 2 aliphatic rings. The molecular formula is C21H33N3O3S. The van der Waals surface area contributed by atoms with E-state index in [0.29, 0.717) is 36.7 Å². The zero-order chi connectivity index (χ0) is 20.3. The van der Waals surface area contributed by atoms with E-state index < -0.39 is 10.0 Å². The van der Waals surface area contributed by atoms with Gasteiger partial charge in [0.15, 0.2) is 0 Å². The summed E-state index contributed by atoms with van der Waals surface area (Å²) in [7, 11) is -1.66. The van der Waals surface area contributed by atoms with Gasteiger partial charge in [-0.1, -0.05) is 32.0 Å². The summed E-state index contributed by atoms with van der Waals surface area (Å²) < 4.78 is 28.2. The monoisotopic (exact) mass is 407 g/mol. The summed E-state index contributed by atoms with van der Waals surface area (Å²) in [4.78, 5) is 15.1. The predicted molar refractivity (Wildman–Crippen MR) is 110 cm³/mol. The van der Waals surface area contributed by atoms with Crippen molar-refractivity contribution in [1.29, 1.82) is 0 Å². The molecule has 1 amide bonds. The first kappa shape index (κ1) is 21.3. The predicted octanol–water partition coefficient (Wildman–Crippen LogP) is 2.46. The molecule has 0 bridgehead atoms. The Morgan fingerprint density at radius 2 is 1.68 bits per heavy atom. The quantitative estimate of drug-likeness (QED) is 0.719. The highest BCUT2D eigenvalue weighted by Gasteiger charge is 2.43. The highest BCUT2D eigenvalue weighted by Crippen LogP contribution is 2.36. The third-order valence-corrected chi connectivity index (χ3v) is 7.73. The average Bonchev–Trinajstić information content (AvgIpc) is 3.51. The van der Waals surface area contributed by atoms with Crippen molar-refractivity contribution in [1.82, 2.24) is 14.5 Å². The van der Waals surface area contributed by atoms with Crippen molar-refractivity contribution in [2.24, 2.45) is 5.92 Å². The van der Waals surface area contributed by atoms with E-state index in [2.05, 4.69) is 19.2 Å². The standard InChI is InChI=1S/C21H33N3O3S/c1-16(2)15-20(22-3)21(25)23-13-11-18(12-14-23)24(17-9-10-17)28(26,27)19-7-5-4-6-8-19/h4-8,16-18,20,22H,9-15H2,1-3H3. The van der Waals surface area contributed by atoms with E-state index in [-0.39, 0.29) is 24.0 Å². The minimum absolute atomic E-state index is 0.0279. The van der Waals surface area contributed by atoms with E-state index in [4.69, 9.17) is 0 Å². The van der Waals surface area contributed by atoms with Crippen LogP contribution in [0.4, 0.5) is 0 Å². The molecule has 0 aromatic heterocycles. The van der Waals surface area contributed by atoms with Gasteiger partial charge >= 0.3 is 0 Å². The van der Waals surface area contributed by atoms with E-state index in [1.54, 1.807) is 28.6 Å². The average molecular weight is 408 g/mol. The van der Waals surface area contributed by atoms with Gasteiger partial charge in [0.2, 0.25) is 15.9 Å². The van der Waals surface area contributed by atoms with Gasteiger partial charge in [-0.3, -0.25) is 4.79 Å². The maximum absolute atomic E-state index is 13.2. The molecule has 1 unspecified atom stereocenters. The Morgan fingerprint density at radius 3 is 2.18 bits per heavy atom. The normalized spacial score (nSPS) is 20.0. The van der Waals surface area contributed by atoms with Crippen molar-refractivity contribution >= 4 is 15.9 Å². The summed E-state index contributed by atoms with van der Waals surface area (Å²) in [5.41, 5.74) is 0. The van der Waals surface area contributed by atoms with Crippen LogP contribution in [0.1, 0.15) is 46.0 Å². The summed E-state index contributed by atoms with van der Waals surface area (Å²) >= 11 is 0. The first-order valence-corrected chi connectivity index (χ1v) is 11.8. The largest absolute Gasteiger partial charge is 0.341 e. The van der Waals surface area contributed by atoms with Gasteiger partial charge in [0.1, 0.15) is 0 Å². The number of sulfonamides is 1. The van der Waals surface area contributed by atoms with E-state index in [9.17, 15) is 13.2 Å². The van der Waals surface area contributed by atoms with E-state index in [1.807, 2.05) is 18.0 Å². The lowest BCUT2D eigenvalue weighted by Crippen LogP contribution is -2.53. The van der Waals surface area contributed by atoms with Gasteiger partial charge in [0, 0.05) is 25.2 Å². The van der Waals surface area contributed by atoms with Gasteiger partial charge in [-0.25, -0.2) is 8.42 Å². The van der Waals surface area contributed by atoms with Crippen LogP contribution in [-0.2, 0) is 14.8 Å². The molecule has 1 aliphatic carbocycles. The van der Waals surface area contributed by atoms with Crippen molar-refractivity contribution in [3.63, 3.8) is 0 Å². The highest BCUT2D eigenvalue weighted by molar-refractivity contribution is 7.89. The van der Waals surface area contributed by atoms with Crippen molar-refractivity contribution in [3.8, 4) is 0 Å². The minimum atomic E-state index is -3.49. The van der Waals surface area contributed by atoms with Crippen LogP contribution >= 0.6 is 0 Å². The van der Waals surface area contributed by atoms with E-state index in [0.717, 1.165) is 19.3 Å². The SMILES string of the molecule is CNC(CC(C)C)C(=O)N1CCC(N(C2CC2)S(=O)(=O)c2ccccc2)CC1. The Morgan fingerprint density at radius 1 is 1.11 bits per heavy atom. The first-order chi connectivity index (χ1) is 13.3. The second-order valence-electron chi connectivity index (χ2n) is 8.41. The zero-order valence-corrected chi connectivity index (χ0v) is 18.0. The number of piperidine rings is 1. The molecule has 28 heavy (non-hydrogen) atoms. The van der Waals surface area contributed by atoms with Crippen LogP contribution < -0.4 is 5.32 Å². The van der Waals surface area contributed by atoms with Crippen LogP contribution in [-0.4, -0.2) is 61.8 Å². The van der Waals surface area contributed by atoms with Crippen LogP contribution in [0.15, 0.2) is 35.2 Å². The Kier molecular flexibility index (Phi) is 6.78. The number of likely N-dealkylation sites (N-methyl/N-ethyl adjacent to an activating group) is 1. The third-order valence-electron chi connectivity index (χ3n) is 5.72. The highest BCUT2D eigenvalue weighted by atomic mass is 32.2. The van der Waals surface area contributed by atoms with E-state index in [1.165, 1.54) is 0 Å². The number of rotatable bonds is 8. The van der Waals surface area contributed by atoms with Crippen LogP contribution in [0.2, 0.25) is 0 Å². The molecule has 1 atom stereocenters. The smallest absolute Gasteiger partial charge is 0.243 e. The maximum Gasteiger partial charge on any atom is 0.243 e. The fraction of sp³-hybridized carbons (Fsp3) is 0.667. The lowest BCUT2D eigenvalue weighted by atomic mass is 10.00. The summed E-state index contributed by atoms with van der Waals surface area (Å²) in [6.07, 6.45) is 4.08. The lowest BCUT2D eigenvalue weighted by Gasteiger charge is -2.39. The number of likely N-dealkylation sites (tertiary alicyclic amines) is 1. The maximum atomic E-state index is 13.2. The van der Waals surface area contributed by atoms with Gasteiger partial charge in [-0.05, 0) is 57.2 Å². The Labute approximate surface area is 169 Å². The molecular weight excluding hydrogens is 374 g/mol. The molecule has 1 aromatic rings. The first-order valence-electron chi connectivity index (χ1n) is 10.4. The van der Waals surface area contributed by atoms with Gasteiger partial charge in [0.05, 0.1) is 10.9 Å². The Bertz CT molecular complexity index is 754. The van der Waals surface area contributed by atoms with Crippen LogP contribution in [0.5, 0.6) is 0 Å². The van der Waals surface area contributed by atoms with Crippen molar-refractivity contribution in [3.05, 3.63) is 30.3 Å². The van der Waals surface area contributed by atoms with Gasteiger partial charge in [-0.15, -0.1) is 0 Å². The zero-order valence-electron chi connectivity index (χ0n) is 17.2. The molecule has 1 heterocycles. The molecule has 7 heteroatoms. The molecule has 6 nitrogen and oxygen atoms in total. The summed E-state index contributed by atoms with van der Waals surface area (Å²) in [6, 6.07) is 8.64. The van der Waals surface area contributed by atoms with Gasteiger partial charge in [-0.2, -0.15) is 4.31 Å². The number of carbonyl (C=O) groups excluding carboxylic acids is 1. The van der Waals surface area contributed by atoms with Crippen LogP contribution in [0.25, 0.3) is 0 Å². The molecule has 1 N–H and O–H groups in total.